The van der Waals surface area contributed by atoms with Gasteiger partial charge in [-0.15, -0.1) is 0 Å². The fraction of sp³-hybridized carbons (Fsp3) is 0.267. The van der Waals surface area contributed by atoms with Crippen LogP contribution in [0.4, 0.5) is 0 Å². The molecule has 1 atom stereocenters. The predicted molar refractivity (Wildman–Crippen MR) is 81.5 cm³/mol. The molecular weight excluding hydrogens is 302 g/mol. The van der Waals surface area contributed by atoms with Crippen LogP contribution in [0, 0.1) is 0 Å². The normalized spacial score (nSPS) is 12.4. The first-order valence-corrected chi connectivity index (χ1v) is 7.18. The molecule has 0 aliphatic rings. The van der Waals surface area contributed by atoms with Crippen LogP contribution in [0.5, 0.6) is 0 Å². The topological polar surface area (TPSA) is 50.9 Å². The average Bonchev–Trinajstić information content (AvgIpc) is 2.46. The Hall–Kier alpha value is -1.23. The van der Waals surface area contributed by atoms with E-state index in [4.69, 9.17) is 5.84 Å². The molecule has 3 N–H and O–H groups in total. The highest BCUT2D eigenvalue weighted by atomic mass is 79.9. The second-order valence-corrected chi connectivity index (χ2v) is 5.37. The van der Waals surface area contributed by atoms with Crippen LogP contribution in [0.2, 0.25) is 0 Å². The molecule has 0 amide bonds. The van der Waals surface area contributed by atoms with E-state index in [1.54, 1.807) is 0 Å². The first-order chi connectivity index (χ1) is 9.24. The maximum atomic E-state index is 5.71. The number of benzene rings is 1. The van der Waals surface area contributed by atoms with Gasteiger partial charge >= 0.3 is 0 Å². The minimum Gasteiger partial charge on any atom is -0.271 e. The highest BCUT2D eigenvalue weighted by Crippen LogP contribution is 2.21. The maximum Gasteiger partial charge on any atom is 0.0675 e. The van der Waals surface area contributed by atoms with Gasteiger partial charge in [-0.25, -0.2) is 0 Å². The quantitative estimate of drug-likeness (QED) is 0.657. The van der Waals surface area contributed by atoms with Crippen molar-refractivity contribution in [2.45, 2.75) is 25.8 Å². The highest BCUT2D eigenvalue weighted by Gasteiger charge is 2.15. The molecule has 0 spiro atoms. The van der Waals surface area contributed by atoms with Gasteiger partial charge in [-0.05, 0) is 42.2 Å². The number of halogens is 1. The van der Waals surface area contributed by atoms with E-state index in [0.717, 1.165) is 23.0 Å². The Bertz CT molecular complexity index is 525. The van der Waals surface area contributed by atoms with E-state index < -0.39 is 0 Å². The number of rotatable bonds is 5. The number of hydrazine groups is 1. The number of nitrogens with one attached hydrogen (secondary N) is 1. The van der Waals surface area contributed by atoms with Crippen molar-refractivity contribution in [1.82, 2.24) is 10.4 Å². The molecule has 0 aliphatic carbocycles. The molecule has 1 aromatic carbocycles. The number of nitrogens with zero attached hydrogens (tertiary/aromatic N) is 1. The Morgan fingerprint density at radius 3 is 2.63 bits per heavy atom. The first-order valence-electron chi connectivity index (χ1n) is 6.39. The molecular formula is C15H18BrN3. The van der Waals surface area contributed by atoms with Gasteiger partial charge in [-0.1, -0.05) is 41.1 Å². The molecule has 4 heteroatoms. The summed E-state index contributed by atoms with van der Waals surface area (Å²) in [5.74, 6) is 5.71. The lowest BCUT2D eigenvalue weighted by Gasteiger charge is -2.18. The van der Waals surface area contributed by atoms with Crippen molar-refractivity contribution < 1.29 is 0 Å². The Labute approximate surface area is 122 Å². The third-order valence-corrected chi connectivity index (χ3v) is 3.72. The minimum atomic E-state index is 0.0392. The van der Waals surface area contributed by atoms with Gasteiger partial charge in [0.1, 0.15) is 0 Å². The van der Waals surface area contributed by atoms with Gasteiger partial charge in [0, 0.05) is 10.7 Å². The molecule has 2 rings (SSSR count). The standard InChI is InChI=1S/C15H18BrN3/c1-2-12-4-3-9-18-15(12)14(19-17)10-11-5-7-13(16)8-6-11/h3-9,14,19H,2,10,17H2,1H3. The number of aromatic nitrogens is 1. The van der Waals surface area contributed by atoms with Gasteiger partial charge in [0.25, 0.3) is 0 Å². The second kappa shape index (κ2) is 6.80. The van der Waals surface area contributed by atoms with E-state index in [1.807, 2.05) is 24.4 Å². The summed E-state index contributed by atoms with van der Waals surface area (Å²) in [6, 6.07) is 12.4. The number of aryl methyl sites for hydroxylation is 1. The van der Waals surface area contributed by atoms with E-state index in [1.165, 1.54) is 11.1 Å². The molecule has 0 saturated heterocycles. The van der Waals surface area contributed by atoms with Crippen molar-refractivity contribution in [1.29, 1.82) is 0 Å². The van der Waals surface area contributed by atoms with Crippen LogP contribution in [-0.2, 0) is 12.8 Å². The summed E-state index contributed by atoms with van der Waals surface area (Å²) < 4.78 is 1.08. The smallest absolute Gasteiger partial charge is 0.0675 e. The summed E-state index contributed by atoms with van der Waals surface area (Å²) in [5, 5.41) is 0. The summed E-state index contributed by atoms with van der Waals surface area (Å²) in [5.41, 5.74) is 6.39. The van der Waals surface area contributed by atoms with Gasteiger partial charge in [-0.3, -0.25) is 16.3 Å². The highest BCUT2D eigenvalue weighted by molar-refractivity contribution is 9.10. The average molecular weight is 320 g/mol. The third-order valence-electron chi connectivity index (χ3n) is 3.19. The SMILES string of the molecule is CCc1cccnc1C(Cc1ccc(Br)cc1)NN. The molecule has 1 unspecified atom stereocenters. The molecule has 100 valence electrons. The van der Waals surface area contributed by atoms with Gasteiger partial charge < -0.3 is 0 Å². The summed E-state index contributed by atoms with van der Waals surface area (Å²) in [4.78, 5) is 4.48. The van der Waals surface area contributed by atoms with Crippen LogP contribution in [0.3, 0.4) is 0 Å². The Kier molecular flexibility index (Phi) is 5.07. The van der Waals surface area contributed by atoms with Crippen LogP contribution in [0.15, 0.2) is 47.1 Å². The summed E-state index contributed by atoms with van der Waals surface area (Å²) in [6.07, 6.45) is 3.61. The molecule has 3 nitrogen and oxygen atoms in total. The van der Waals surface area contributed by atoms with Gasteiger partial charge in [-0.2, -0.15) is 0 Å². The molecule has 2 aromatic rings. The Balaban J connectivity index is 2.22. The molecule has 0 saturated carbocycles. The summed E-state index contributed by atoms with van der Waals surface area (Å²) >= 11 is 3.44. The Morgan fingerprint density at radius 1 is 1.26 bits per heavy atom. The molecule has 0 bridgehead atoms. The lowest BCUT2D eigenvalue weighted by molar-refractivity contribution is 0.533. The molecule has 19 heavy (non-hydrogen) atoms. The molecule has 0 radical (unpaired) electrons. The van der Waals surface area contributed by atoms with E-state index in [2.05, 4.69) is 51.5 Å². The maximum absolute atomic E-state index is 5.71. The largest absolute Gasteiger partial charge is 0.271 e. The fourth-order valence-corrected chi connectivity index (χ4v) is 2.42. The van der Waals surface area contributed by atoms with Crippen molar-refractivity contribution in [3.63, 3.8) is 0 Å². The number of nitrogens with two attached hydrogens (primary N) is 1. The zero-order valence-corrected chi connectivity index (χ0v) is 12.5. The number of pyridine rings is 1. The number of hydrogen-bond donors (Lipinski definition) is 2. The van der Waals surface area contributed by atoms with Crippen LogP contribution in [0.25, 0.3) is 0 Å². The van der Waals surface area contributed by atoms with E-state index >= 15 is 0 Å². The zero-order chi connectivity index (χ0) is 13.7. The van der Waals surface area contributed by atoms with Gasteiger partial charge in [0.15, 0.2) is 0 Å². The van der Waals surface area contributed by atoms with Gasteiger partial charge in [0.05, 0.1) is 11.7 Å². The molecule has 1 heterocycles. The number of hydrogen-bond acceptors (Lipinski definition) is 3. The van der Waals surface area contributed by atoms with E-state index in [0.29, 0.717) is 0 Å². The molecule has 0 fully saturated rings. The molecule has 0 aliphatic heterocycles. The predicted octanol–water partition coefficient (Wildman–Crippen LogP) is 3.15. The van der Waals surface area contributed by atoms with Gasteiger partial charge in [0.2, 0.25) is 0 Å². The van der Waals surface area contributed by atoms with Crippen molar-refractivity contribution in [3.05, 3.63) is 63.9 Å². The van der Waals surface area contributed by atoms with Crippen molar-refractivity contribution in [2.24, 2.45) is 5.84 Å². The van der Waals surface area contributed by atoms with Crippen LogP contribution in [-0.4, -0.2) is 4.98 Å². The Morgan fingerprint density at radius 2 is 2.00 bits per heavy atom. The van der Waals surface area contributed by atoms with Crippen LogP contribution < -0.4 is 11.3 Å². The lowest BCUT2D eigenvalue weighted by atomic mass is 9.99. The minimum absolute atomic E-state index is 0.0392. The molecule has 1 aromatic heterocycles. The second-order valence-electron chi connectivity index (χ2n) is 4.45. The fourth-order valence-electron chi connectivity index (χ4n) is 2.15. The van der Waals surface area contributed by atoms with Crippen molar-refractivity contribution in [3.8, 4) is 0 Å². The summed E-state index contributed by atoms with van der Waals surface area (Å²) in [6.45, 7) is 2.13. The third kappa shape index (κ3) is 3.62. The lowest BCUT2D eigenvalue weighted by Crippen LogP contribution is -2.31. The van der Waals surface area contributed by atoms with Crippen LogP contribution in [0.1, 0.15) is 29.8 Å². The zero-order valence-electron chi connectivity index (χ0n) is 10.9. The van der Waals surface area contributed by atoms with Crippen LogP contribution >= 0.6 is 15.9 Å². The van der Waals surface area contributed by atoms with E-state index in [9.17, 15) is 0 Å². The van der Waals surface area contributed by atoms with Crippen molar-refractivity contribution in [2.75, 3.05) is 0 Å². The monoisotopic (exact) mass is 319 g/mol. The summed E-state index contributed by atoms with van der Waals surface area (Å²) in [7, 11) is 0. The first kappa shape index (κ1) is 14.2. The van der Waals surface area contributed by atoms with Crippen molar-refractivity contribution >= 4 is 15.9 Å². The van der Waals surface area contributed by atoms with E-state index in [-0.39, 0.29) is 6.04 Å².